The second kappa shape index (κ2) is 9.97. The van der Waals surface area contributed by atoms with Gasteiger partial charge in [0, 0.05) is 16.9 Å². The van der Waals surface area contributed by atoms with Gasteiger partial charge in [0.15, 0.2) is 10.9 Å². The Hall–Kier alpha value is -2.94. The van der Waals surface area contributed by atoms with Gasteiger partial charge in [0.05, 0.1) is 36.6 Å². The summed E-state index contributed by atoms with van der Waals surface area (Å²) in [5.41, 5.74) is 2.26. The maximum Gasteiger partial charge on any atom is 0.267 e. The molecule has 0 saturated carbocycles. The SMILES string of the molecule is COc1ccc(-n2c(SCC(=O)c3ccccc3)nc3sc4c(c3c2=O)CC(C(C)C)OC4)cc1. The van der Waals surface area contributed by atoms with E-state index in [1.807, 2.05) is 42.5 Å². The largest absolute Gasteiger partial charge is 0.497 e. The molecule has 0 amide bonds. The summed E-state index contributed by atoms with van der Waals surface area (Å²) in [4.78, 5) is 33.4. The van der Waals surface area contributed by atoms with Crippen LogP contribution in [0.2, 0.25) is 0 Å². The summed E-state index contributed by atoms with van der Waals surface area (Å²) >= 11 is 2.80. The molecule has 3 heterocycles. The predicted molar refractivity (Wildman–Crippen MR) is 140 cm³/mol. The fourth-order valence-corrected chi connectivity index (χ4v) is 6.30. The van der Waals surface area contributed by atoms with Gasteiger partial charge in [0.2, 0.25) is 0 Å². The molecular formula is C27H26N2O4S2. The first kappa shape index (κ1) is 23.8. The van der Waals surface area contributed by atoms with Gasteiger partial charge in [0.25, 0.3) is 5.56 Å². The van der Waals surface area contributed by atoms with E-state index in [0.717, 1.165) is 10.4 Å². The lowest BCUT2D eigenvalue weighted by molar-refractivity contribution is 0.00200. The average molecular weight is 507 g/mol. The van der Waals surface area contributed by atoms with E-state index in [1.54, 1.807) is 23.8 Å². The van der Waals surface area contributed by atoms with E-state index in [0.29, 0.717) is 51.3 Å². The highest BCUT2D eigenvalue weighted by Gasteiger charge is 2.29. The molecule has 180 valence electrons. The molecule has 5 rings (SSSR count). The van der Waals surface area contributed by atoms with Crippen molar-refractivity contribution in [1.29, 1.82) is 0 Å². The van der Waals surface area contributed by atoms with Crippen molar-refractivity contribution in [2.45, 2.75) is 38.1 Å². The lowest BCUT2D eigenvalue weighted by Crippen LogP contribution is -2.28. The Bertz CT molecular complexity index is 1430. The molecule has 1 aliphatic heterocycles. The third-order valence-electron chi connectivity index (χ3n) is 6.21. The summed E-state index contributed by atoms with van der Waals surface area (Å²) in [5, 5.41) is 1.16. The molecule has 6 nitrogen and oxygen atoms in total. The van der Waals surface area contributed by atoms with Crippen molar-refractivity contribution in [1.82, 2.24) is 9.55 Å². The molecular weight excluding hydrogens is 480 g/mol. The number of benzene rings is 2. The van der Waals surface area contributed by atoms with Gasteiger partial charge in [-0.25, -0.2) is 4.98 Å². The second-order valence-corrected chi connectivity index (χ2v) is 10.8. The zero-order valence-electron chi connectivity index (χ0n) is 19.8. The third kappa shape index (κ3) is 4.66. The van der Waals surface area contributed by atoms with Crippen LogP contribution in [0.3, 0.4) is 0 Å². The summed E-state index contributed by atoms with van der Waals surface area (Å²) < 4.78 is 13.0. The van der Waals surface area contributed by atoms with Crippen LogP contribution in [0, 0.1) is 5.92 Å². The molecule has 35 heavy (non-hydrogen) atoms. The standard InChI is InChI=1S/C27H26N2O4S2/c1-16(2)22-13-20-23(14-33-22)35-25-24(20)26(31)29(18-9-11-19(32-3)12-10-18)27(28-25)34-15-21(30)17-7-5-4-6-8-17/h4-12,16,22H,13-15H2,1-3H3. The molecule has 8 heteroatoms. The van der Waals surface area contributed by atoms with Crippen molar-refractivity contribution in [3.05, 3.63) is 81.0 Å². The van der Waals surface area contributed by atoms with Gasteiger partial charge in [-0.05, 0) is 35.7 Å². The predicted octanol–water partition coefficient (Wildman–Crippen LogP) is 5.53. The Morgan fingerprint density at radius 1 is 1.20 bits per heavy atom. The van der Waals surface area contributed by atoms with Gasteiger partial charge in [-0.3, -0.25) is 14.2 Å². The van der Waals surface area contributed by atoms with E-state index in [-0.39, 0.29) is 23.2 Å². The van der Waals surface area contributed by atoms with E-state index >= 15 is 0 Å². The van der Waals surface area contributed by atoms with E-state index in [2.05, 4.69) is 13.8 Å². The number of thioether (sulfide) groups is 1. The molecule has 1 unspecified atom stereocenters. The van der Waals surface area contributed by atoms with Crippen molar-refractivity contribution < 1.29 is 14.3 Å². The number of ether oxygens (including phenoxy) is 2. The first-order valence-electron chi connectivity index (χ1n) is 11.5. The summed E-state index contributed by atoms with van der Waals surface area (Å²) in [7, 11) is 1.61. The van der Waals surface area contributed by atoms with Gasteiger partial charge >= 0.3 is 0 Å². The molecule has 0 N–H and O–H groups in total. The average Bonchev–Trinajstić information content (AvgIpc) is 3.25. The maximum absolute atomic E-state index is 14.0. The number of aromatic nitrogens is 2. The number of hydrogen-bond donors (Lipinski definition) is 0. The Morgan fingerprint density at radius 3 is 2.63 bits per heavy atom. The van der Waals surface area contributed by atoms with Crippen LogP contribution in [0.1, 0.15) is 34.6 Å². The van der Waals surface area contributed by atoms with Gasteiger partial charge < -0.3 is 9.47 Å². The van der Waals surface area contributed by atoms with Crippen LogP contribution in [0.5, 0.6) is 5.75 Å². The van der Waals surface area contributed by atoms with Gasteiger partial charge in [-0.2, -0.15) is 0 Å². The van der Waals surface area contributed by atoms with Gasteiger partial charge in [-0.15, -0.1) is 11.3 Å². The van der Waals surface area contributed by atoms with Crippen molar-refractivity contribution >= 4 is 39.1 Å². The summed E-state index contributed by atoms with van der Waals surface area (Å²) in [5.74, 6) is 1.23. The quantitative estimate of drug-likeness (QED) is 0.187. The highest BCUT2D eigenvalue weighted by atomic mass is 32.2. The third-order valence-corrected chi connectivity index (χ3v) is 8.25. The fraction of sp³-hybridized carbons (Fsp3) is 0.296. The van der Waals surface area contributed by atoms with Crippen LogP contribution in [0.4, 0.5) is 0 Å². The van der Waals surface area contributed by atoms with E-state index < -0.39 is 0 Å². The van der Waals surface area contributed by atoms with Crippen LogP contribution in [-0.4, -0.2) is 34.3 Å². The summed E-state index contributed by atoms with van der Waals surface area (Å²) in [6, 6.07) is 16.5. The minimum Gasteiger partial charge on any atom is -0.497 e. The van der Waals surface area contributed by atoms with E-state index in [9.17, 15) is 9.59 Å². The monoisotopic (exact) mass is 506 g/mol. The topological polar surface area (TPSA) is 70.4 Å². The van der Waals surface area contributed by atoms with E-state index in [1.165, 1.54) is 23.1 Å². The molecule has 0 spiro atoms. The summed E-state index contributed by atoms with van der Waals surface area (Å²) in [6.45, 7) is 4.77. The lowest BCUT2D eigenvalue weighted by Gasteiger charge is -2.26. The number of nitrogens with zero attached hydrogens (tertiary/aromatic N) is 2. The molecule has 4 aromatic rings. The maximum atomic E-state index is 14.0. The molecule has 2 aromatic carbocycles. The molecule has 0 aliphatic carbocycles. The van der Waals surface area contributed by atoms with Crippen LogP contribution >= 0.6 is 23.1 Å². The number of hydrogen-bond acceptors (Lipinski definition) is 7. The Balaban J connectivity index is 1.61. The molecule has 1 aliphatic rings. The van der Waals surface area contributed by atoms with Crippen LogP contribution in [0.15, 0.2) is 64.5 Å². The van der Waals surface area contributed by atoms with Crippen molar-refractivity contribution in [3.8, 4) is 11.4 Å². The highest BCUT2D eigenvalue weighted by Crippen LogP contribution is 2.36. The zero-order chi connectivity index (χ0) is 24.5. The second-order valence-electron chi connectivity index (χ2n) is 8.79. The van der Waals surface area contributed by atoms with E-state index in [4.69, 9.17) is 14.5 Å². The molecule has 2 aromatic heterocycles. The number of carbonyl (C=O) groups excluding carboxylic acids is 1. The van der Waals surface area contributed by atoms with Crippen molar-refractivity contribution in [3.63, 3.8) is 0 Å². The number of thiophene rings is 1. The normalized spacial score (nSPS) is 15.4. The van der Waals surface area contributed by atoms with Crippen LogP contribution in [-0.2, 0) is 17.8 Å². The number of methoxy groups -OCH3 is 1. The molecule has 1 atom stereocenters. The van der Waals surface area contributed by atoms with Crippen molar-refractivity contribution in [2.24, 2.45) is 5.92 Å². The first-order valence-corrected chi connectivity index (χ1v) is 13.3. The van der Waals surface area contributed by atoms with Crippen LogP contribution in [0.25, 0.3) is 15.9 Å². The Morgan fingerprint density at radius 2 is 1.94 bits per heavy atom. The molecule has 0 saturated heterocycles. The smallest absolute Gasteiger partial charge is 0.267 e. The fourth-order valence-electron chi connectivity index (χ4n) is 4.23. The van der Waals surface area contributed by atoms with Gasteiger partial charge in [-0.1, -0.05) is 55.9 Å². The molecule has 0 fully saturated rings. The number of Topliss-reactive ketones (excluding diaryl/α,β-unsaturated/α-hetero) is 1. The minimum atomic E-state index is -0.114. The first-order chi connectivity index (χ1) is 17.0. The molecule has 0 bridgehead atoms. The highest BCUT2D eigenvalue weighted by molar-refractivity contribution is 7.99. The minimum absolute atomic E-state index is 0.00937. The van der Waals surface area contributed by atoms with Crippen molar-refractivity contribution in [2.75, 3.05) is 12.9 Å². The number of carbonyl (C=O) groups is 1. The zero-order valence-corrected chi connectivity index (χ0v) is 21.4. The van der Waals surface area contributed by atoms with Crippen LogP contribution < -0.4 is 10.3 Å². The molecule has 0 radical (unpaired) electrons. The summed E-state index contributed by atoms with van der Waals surface area (Å²) in [6.07, 6.45) is 0.776. The number of rotatable bonds is 7. The Labute approximate surface area is 211 Å². The Kier molecular flexibility index (Phi) is 6.77. The lowest BCUT2D eigenvalue weighted by atomic mass is 9.96. The number of fused-ring (bicyclic) bond motifs is 3. The van der Waals surface area contributed by atoms with Gasteiger partial charge in [0.1, 0.15) is 10.6 Å². The number of ketones is 1.